The second-order valence-corrected chi connectivity index (χ2v) is 5.95. The van der Waals surface area contributed by atoms with E-state index in [2.05, 4.69) is 20.9 Å². The van der Waals surface area contributed by atoms with Crippen LogP contribution in [0.25, 0.3) is 0 Å². The Balaban J connectivity index is 2.13. The maximum absolute atomic E-state index is 12.3. The monoisotopic (exact) mass is 393 g/mol. The highest BCUT2D eigenvalue weighted by Crippen LogP contribution is 2.20. The van der Waals surface area contributed by atoms with Gasteiger partial charge in [0.25, 0.3) is 0 Å². The molecular weight excluding hydrogens is 378 g/mol. The van der Waals surface area contributed by atoms with Crippen molar-refractivity contribution in [2.75, 3.05) is 13.7 Å². The Labute approximate surface area is 147 Å². The van der Waals surface area contributed by atoms with E-state index in [0.29, 0.717) is 26.9 Å². The first kappa shape index (κ1) is 17.9. The summed E-state index contributed by atoms with van der Waals surface area (Å²) >= 11 is 3.25. The first-order chi connectivity index (χ1) is 11.4. The van der Waals surface area contributed by atoms with Gasteiger partial charge in [0, 0.05) is 10.2 Å². The topological polar surface area (TPSA) is 85.5 Å². The number of aromatic amines is 1. The summed E-state index contributed by atoms with van der Waals surface area (Å²) in [6, 6.07) is 6.77. The summed E-state index contributed by atoms with van der Waals surface area (Å²) in [6.07, 6.45) is 0. The Hall–Kier alpha value is -2.41. The zero-order chi connectivity index (χ0) is 17.9. The highest BCUT2D eigenvalue weighted by atomic mass is 79.9. The van der Waals surface area contributed by atoms with Crippen LogP contribution in [0.5, 0.6) is 0 Å². The van der Waals surface area contributed by atoms with Crippen molar-refractivity contribution >= 4 is 33.7 Å². The van der Waals surface area contributed by atoms with Crippen molar-refractivity contribution in [2.45, 2.75) is 13.8 Å². The number of halogens is 1. The van der Waals surface area contributed by atoms with Crippen LogP contribution >= 0.6 is 15.9 Å². The number of carbonyl (C=O) groups excluding carboxylic acids is 3. The highest BCUT2D eigenvalue weighted by Gasteiger charge is 2.23. The Morgan fingerprint density at radius 3 is 2.42 bits per heavy atom. The summed E-state index contributed by atoms with van der Waals surface area (Å²) in [7, 11) is 1.27. The van der Waals surface area contributed by atoms with Crippen LogP contribution in [0.15, 0.2) is 28.7 Å². The molecule has 0 saturated heterocycles. The van der Waals surface area contributed by atoms with Crippen molar-refractivity contribution in [2.24, 2.45) is 0 Å². The van der Waals surface area contributed by atoms with Crippen molar-refractivity contribution in [1.82, 2.24) is 4.98 Å². The van der Waals surface area contributed by atoms with E-state index in [1.165, 1.54) is 7.11 Å². The molecule has 0 radical (unpaired) electrons. The number of ether oxygens (including phenoxy) is 2. The lowest BCUT2D eigenvalue weighted by Gasteiger charge is -2.06. The average molecular weight is 394 g/mol. The number of rotatable bonds is 5. The maximum Gasteiger partial charge on any atom is 0.339 e. The molecule has 0 unspecified atom stereocenters. The minimum absolute atomic E-state index is 0.229. The molecule has 0 saturated carbocycles. The van der Waals surface area contributed by atoms with E-state index in [1.54, 1.807) is 38.1 Å². The molecule has 0 bridgehead atoms. The molecule has 6 nitrogen and oxygen atoms in total. The number of aryl methyl sites for hydroxylation is 1. The van der Waals surface area contributed by atoms with Gasteiger partial charge < -0.3 is 14.5 Å². The molecule has 2 aromatic rings. The van der Waals surface area contributed by atoms with Crippen LogP contribution in [0.1, 0.15) is 42.5 Å². The van der Waals surface area contributed by atoms with Gasteiger partial charge in [-0.15, -0.1) is 0 Å². The normalized spacial score (nSPS) is 10.3. The fourth-order valence-corrected chi connectivity index (χ4v) is 2.79. The first-order valence-corrected chi connectivity index (χ1v) is 7.88. The number of ketones is 1. The fraction of sp³-hybridized carbons (Fsp3) is 0.235. The van der Waals surface area contributed by atoms with Gasteiger partial charge >= 0.3 is 11.9 Å². The van der Waals surface area contributed by atoms with Gasteiger partial charge in [0.2, 0.25) is 5.78 Å². The number of Topliss-reactive ketones (excluding diaryl/α,β-unsaturated/α-hetero) is 1. The summed E-state index contributed by atoms with van der Waals surface area (Å²) in [5, 5.41) is 0. The molecule has 1 aromatic heterocycles. The molecule has 0 aliphatic carbocycles. The predicted molar refractivity (Wildman–Crippen MR) is 90.4 cm³/mol. The quantitative estimate of drug-likeness (QED) is 0.622. The second kappa shape index (κ2) is 7.44. The summed E-state index contributed by atoms with van der Waals surface area (Å²) in [4.78, 5) is 38.9. The molecule has 0 amide bonds. The molecular formula is C17H16BrNO5. The molecule has 0 aliphatic rings. The summed E-state index contributed by atoms with van der Waals surface area (Å²) in [5.41, 5.74) is 1.88. The zero-order valence-corrected chi connectivity index (χ0v) is 15.0. The van der Waals surface area contributed by atoms with Crippen LogP contribution in [0.4, 0.5) is 0 Å². The number of aromatic nitrogens is 1. The van der Waals surface area contributed by atoms with Gasteiger partial charge in [-0.3, -0.25) is 4.79 Å². The van der Waals surface area contributed by atoms with E-state index in [9.17, 15) is 14.4 Å². The predicted octanol–water partition coefficient (Wildman–Crippen LogP) is 3.22. The van der Waals surface area contributed by atoms with Crippen molar-refractivity contribution in [1.29, 1.82) is 0 Å². The van der Waals surface area contributed by atoms with Crippen LogP contribution in [0, 0.1) is 13.8 Å². The van der Waals surface area contributed by atoms with Gasteiger partial charge in [-0.05, 0) is 47.5 Å². The van der Waals surface area contributed by atoms with Crippen molar-refractivity contribution in [3.63, 3.8) is 0 Å². The summed E-state index contributed by atoms with van der Waals surface area (Å²) < 4.78 is 10.3. The van der Waals surface area contributed by atoms with Gasteiger partial charge in [0.1, 0.15) is 0 Å². The van der Waals surface area contributed by atoms with Crippen LogP contribution in [-0.4, -0.2) is 36.4 Å². The molecule has 7 heteroatoms. The van der Waals surface area contributed by atoms with E-state index in [-0.39, 0.29) is 5.69 Å². The van der Waals surface area contributed by atoms with Crippen molar-refractivity contribution in [3.8, 4) is 0 Å². The van der Waals surface area contributed by atoms with E-state index >= 15 is 0 Å². The lowest BCUT2D eigenvalue weighted by Crippen LogP contribution is -2.16. The Bertz CT molecular complexity index is 809. The largest absolute Gasteiger partial charge is 0.465 e. The third-order valence-electron chi connectivity index (χ3n) is 3.53. The molecule has 126 valence electrons. The van der Waals surface area contributed by atoms with E-state index in [0.717, 1.165) is 0 Å². The molecule has 0 aliphatic heterocycles. The molecule has 0 spiro atoms. The number of benzene rings is 1. The Morgan fingerprint density at radius 1 is 1.12 bits per heavy atom. The molecule has 1 heterocycles. The number of carbonyl (C=O) groups is 3. The molecule has 1 aromatic carbocycles. The lowest BCUT2D eigenvalue weighted by molar-refractivity contribution is 0.0472. The Morgan fingerprint density at radius 2 is 1.79 bits per heavy atom. The second-order valence-electron chi connectivity index (χ2n) is 5.10. The number of esters is 2. The zero-order valence-electron chi connectivity index (χ0n) is 13.4. The molecule has 1 N–H and O–H groups in total. The van der Waals surface area contributed by atoms with Gasteiger partial charge in [-0.1, -0.05) is 12.1 Å². The SMILES string of the molecule is COC(=O)c1c(C)[nH]c(C(=O)COC(=O)c2ccccc2Br)c1C. The lowest BCUT2D eigenvalue weighted by atomic mass is 10.1. The standard InChI is InChI=1S/C17H16BrNO5/c1-9-14(17(22)23-3)10(2)19-15(9)13(20)8-24-16(21)11-6-4-5-7-12(11)18/h4-7,19H,8H2,1-3H3. The third kappa shape index (κ3) is 3.56. The summed E-state index contributed by atoms with van der Waals surface area (Å²) in [6.45, 7) is 2.88. The minimum atomic E-state index is -0.607. The maximum atomic E-state index is 12.3. The van der Waals surface area contributed by atoms with Crippen LogP contribution in [-0.2, 0) is 9.47 Å². The Kier molecular flexibility index (Phi) is 5.56. The van der Waals surface area contributed by atoms with Crippen LogP contribution < -0.4 is 0 Å². The minimum Gasteiger partial charge on any atom is -0.465 e. The van der Waals surface area contributed by atoms with Gasteiger partial charge in [-0.25, -0.2) is 9.59 Å². The van der Waals surface area contributed by atoms with Crippen LogP contribution in [0.3, 0.4) is 0 Å². The fourth-order valence-electron chi connectivity index (χ4n) is 2.34. The van der Waals surface area contributed by atoms with Crippen molar-refractivity contribution < 1.29 is 23.9 Å². The van der Waals surface area contributed by atoms with E-state index in [4.69, 9.17) is 9.47 Å². The van der Waals surface area contributed by atoms with Crippen molar-refractivity contribution in [3.05, 3.63) is 56.8 Å². The molecule has 0 fully saturated rings. The van der Waals surface area contributed by atoms with Crippen LogP contribution in [0.2, 0.25) is 0 Å². The van der Waals surface area contributed by atoms with E-state index < -0.39 is 24.3 Å². The first-order valence-electron chi connectivity index (χ1n) is 7.09. The number of nitrogens with one attached hydrogen (secondary N) is 1. The highest BCUT2D eigenvalue weighted by molar-refractivity contribution is 9.10. The molecule has 24 heavy (non-hydrogen) atoms. The number of hydrogen-bond acceptors (Lipinski definition) is 5. The molecule has 2 rings (SSSR count). The molecule has 0 atom stereocenters. The smallest absolute Gasteiger partial charge is 0.339 e. The van der Waals surface area contributed by atoms with E-state index in [1.807, 2.05) is 0 Å². The average Bonchev–Trinajstić information content (AvgIpc) is 2.86. The van der Waals surface area contributed by atoms with Gasteiger partial charge in [0.05, 0.1) is 23.9 Å². The number of H-pyrrole nitrogens is 1. The summed E-state index contributed by atoms with van der Waals surface area (Å²) in [5.74, 6) is -1.55. The van der Waals surface area contributed by atoms with Gasteiger partial charge in [-0.2, -0.15) is 0 Å². The van der Waals surface area contributed by atoms with Gasteiger partial charge in [0.15, 0.2) is 6.61 Å². The number of methoxy groups -OCH3 is 1. The number of hydrogen-bond donors (Lipinski definition) is 1. The third-order valence-corrected chi connectivity index (χ3v) is 4.23.